The molecule has 0 spiro atoms. The second-order valence-electron chi connectivity index (χ2n) is 6.90. The van der Waals surface area contributed by atoms with E-state index in [1.165, 1.54) is 0 Å². The Hall–Kier alpha value is -3.04. The zero-order valence-electron chi connectivity index (χ0n) is 15.6. The first kappa shape index (κ1) is 19.3. The van der Waals surface area contributed by atoms with Gasteiger partial charge in [0.2, 0.25) is 11.8 Å². The van der Waals surface area contributed by atoms with Gasteiger partial charge < -0.3 is 13.8 Å². The molecule has 0 radical (unpaired) electrons. The average molecular weight is 408 g/mol. The van der Waals surface area contributed by atoms with Crippen LogP contribution in [0.15, 0.2) is 33.2 Å². The number of carbonyl (C=O) groups excluding carboxylic acids is 1. The Balaban J connectivity index is 1.40. The van der Waals surface area contributed by atoms with E-state index in [-0.39, 0.29) is 29.7 Å². The maximum Gasteiger partial charge on any atom is 0.437 e. The van der Waals surface area contributed by atoms with Crippen molar-refractivity contribution in [3.63, 3.8) is 0 Å². The highest BCUT2D eigenvalue weighted by Gasteiger charge is 2.39. The molecule has 0 unspecified atom stereocenters. The molecule has 3 aromatic rings. The first-order valence-corrected chi connectivity index (χ1v) is 9.34. The first-order valence-electron chi connectivity index (χ1n) is 9.34. The van der Waals surface area contributed by atoms with Gasteiger partial charge in [-0.15, -0.1) is 0 Å². The van der Waals surface area contributed by atoms with Gasteiger partial charge in [0.05, 0.1) is 0 Å². The van der Waals surface area contributed by atoms with Crippen LogP contribution >= 0.6 is 0 Å². The van der Waals surface area contributed by atoms with Crippen molar-refractivity contribution in [3.05, 3.63) is 35.5 Å². The van der Waals surface area contributed by atoms with Crippen molar-refractivity contribution in [2.45, 2.75) is 32.4 Å². The van der Waals surface area contributed by atoms with Crippen LogP contribution in [0, 0.1) is 5.92 Å². The molecule has 1 saturated heterocycles. The second kappa shape index (κ2) is 7.41. The molecule has 29 heavy (non-hydrogen) atoms. The van der Waals surface area contributed by atoms with E-state index < -0.39 is 11.9 Å². The quantitative estimate of drug-likeness (QED) is 0.695. The Bertz CT molecular complexity index is 986. The largest absolute Gasteiger partial charge is 0.437 e. The number of hydrogen-bond donors (Lipinski definition) is 1. The average Bonchev–Trinajstić information content (AvgIpc) is 3.31. The third-order valence-electron chi connectivity index (χ3n) is 5.07. The van der Waals surface area contributed by atoms with Crippen molar-refractivity contribution in [2.24, 2.45) is 5.92 Å². The Morgan fingerprint density at radius 3 is 2.66 bits per heavy atom. The van der Waals surface area contributed by atoms with Crippen LogP contribution in [0.5, 0.6) is 0 Å². The van der Waals surface area contributed by atoms with E-state index in [4.69, 9.17) is 8.94 Å². The summed E-state index contributed by atoms with van der Waals surface area (Å²) in [5.74, 6) is -0.951. The van der Waals surface area contributed by atoms with Crippen molar-refractivity contribution in [1.29, 1.82) is 0 Å². The number of anilines is 2. The number of carbonyl (C=O) groups is 1. The summed E-state index contributed by atoms with van der Waals surface area (Å²) in [6.45, 7) is 2.65. The summed E-state index contributed by atoms with van der Waals surface area (Å²) < 4.78 is 49.4. The molecular formula is C19H19F3N4O3. The highest BCUT2D eigenvalue weighted by Crippen LogP contribution is 2.35. The van der Waals surface area contributed by atoms with Crippen molar-refractivity contribution >= 4 is 28.9 Å². The Labute approximate surface area is 163 Å². The summed E-state index contributed by atoms with van der Waals surface area (Å²) in [7, 11) is 0. The number of benzene rings is 1. The van der Waals surface area contributed by atoms with E-state index >= 15 is 0 Å². The summed E-state index contributed by atoms with van der Waals surface area (Å²) in [5.41, 5.74) is 0.219. The van der Waals surface area contributed by atoms with E-state index in [1.807, 2.05) is 29.2 Å². The molecule has 0 bridgehead atoms. The van der Waals surface area contributed by atoms with Gasteiger partial charge in [0.1, 0.15) is 5.52 Å². The number of aromatic nitrogens is 2. The smallest absolute Gasteiger partial charge is 0.423 e. The number of fused-ring (bicyclic) bond motifs is 1. The topological polar surface area (TPSA) is 84.4 Å². The van der Waals surface area contributed by atoms with Crippen LogP contribution < -0.4 is 10.2 Å². The number of para-hydroxylation sites is 2. The molecule has 1 aliphatic heterocycles. The lowest BCUT2D eigenvalue weighted by Crippen LogP contribution is -2.38. The minimum Gasteiger partial charge on any atom is -0.423 e. The molecule has 10 heteroatoms. The van der Waals surface area contributed by atoms with Gasteiger partial charge in [-0.05, 0) is 31.4 Å². The van der Waals surface area contributed by atoms with Gasteiger partial charge in [0.15, 0.2) is 11.3 Å². The molecule has 1 fully saturated rings. The van der Waals surface area contributed by atoms with Crippen LogP contribution in [0.3, 0.4) is 0 Å². The Kier molecular flexibility index (Phi) is 4.93. The minimum atomic E-state index is -4.62. The van der Waals surface area contributed by atoms with Gasteiger partial charge in [-0.25, -0.2) is 0 Å². The summed E-state index contributed by atoms with van der Waals surface area (Å²) in [6.07, 6.45) is -3.54. The lowest BCUT2D eigenvalue weighted by atomic mass is 9.96. The van der Waals surface area contributed by atoms with Crippen LogP contribution in [0.2, 0.25) is 0 Å². The minimum absolute atomic E-state index is 0.0458. The zero-order chi connectivity index (χ0) is 20.6. The molecule has 0 atom stereocenters. The van der Waals surface area contributed by atoms with Crippen LogP contribution in [-0.4, -0.2) is 29.1 Å². The Morgan fingerprint density at radius 1 is 1.28 bits per heavy atom. The van der Waals surface area contributed by atoms with Gasteiger partial charge >= 0.3 is 6.18 Å². The van der Waals surface area contributed by atoms with Gasteiger partial charge in [-0.2, -0.15) is 18.2 Å². The van der Waals surface area contributed by atoms with Gasteiger partial charge in [0.25, 0.3) is 6.01 Å². The third-order valence-corrected chi connectivity index (χ3v) is 5.07. The number of nitrogens with one attached hydrogen (secondary N) is 1. The number of alkyl halides is 3. The fraction of sp³-hybridized carbons (Fsp3) is 0.421. The fourth-order valence-corrected chi connectivity index (χ4v) is 3.50. The zero-order valence-corrected chi connectivity index (χ0v) is 15.6. The molecule has 1 aliphatic rings. The molecule has 4 rings (SSSR count). The molecular weight excluding hydrogens is 389 g/mol. The number of nitrogens with zero attached hydrogens (tertiary/aromatic N) is 3. The predicted octanol–water partition coefficient (Wildman–Crippen LogP) is 4.25. The van der Waals surface area contributed by atoms with Gasteiger partial charge in [0, 0.05) is 24.6 Å². The van der Waals surface area contributed by atoms with Crippen molar-refractivity contribution in [3.8, 4) is 0 Å². The SMILES string of the molecule is CCc1c(C(F)(F)F)noc1NC(=O)C1CCN(c2nc3ccccc3o2)CC1. The summed E-state index contributed by atoms with van der Waals surface area (Å²) in [6, 6.07) is 7.95. The van der Waals surface area contributed by atoms with E-state index in [9.17, 15) is 18.0 Å². The number of halogens is 3. The lowest BCUT2D eigenvalue weighted by molar-refractivity contribution is -0.143. The number of rotatable bonds is 4. The molecule has 3 heterocycles. The molecule has 1 aromatic carbocycles. The number of hydrogen-bond acceptors (Lipinski definition) is 6. The highest BCUT2D eigenvalue weighted by molar-refractivity contribution is 5.92. The van der Waals surface area contributed by atoms with Crippen molar-refractivity contribution < 1.29 is 26.9 Å². The van der Waals surface area contributed by atoms with Gasteiger partial charge in [-0.3, -0.25) is 10.1 Å². The van der Waals surface area contributed by atoms with E-state index in [2.05, 4.69) is 15.5 Å². The predicted molar refractivity (Wildman–Crippen MR) is 98.5 cm³/mol. The van der Waals surface area contributed by atoms with E-state index in [0.717, 1.165) is 5.52 Å². The summed E-state index contributed by atoms with van der Waals surface area (Å²) >= 11 is 0. The normalized spacial score (nSPS) is 15.8. The fourth-order valence-electron chi connectivity index (χ4n) is 3.50. The van der Waals surface area contributed by atoms with Crippen LogP contribution in [-0.2, 0) is 17.4 Å². The van der Waals surface area contributed by atoms with E-state index in [1.54, 1.807) is 6.92 Å². The number of oxazole rings is 1. The molecule has 7 nitrogen and oxygen atoms in total. The molecule has 154 valence electrons. The van der Waals surface area contributed by atoms with Crippen molar-refractivity contribution in [2.75, 3.05) is 23.3 Å². The highest BCUT2D eigenvalue weighted by atomic mass is 19.4. The second-order valence-corrected chi connectivity index (χ2v) is 6.90. The molecule has 1 amide bonds. The summed E-state index contributed by atoms with van der Waals surface area (Å²) in [5, 5.41) is 5.56. The first-order chi connectivity index (χ1) is 13.9. The third kappa shape index (κ3) is 3.79. The summed E-state index contributed by atoms with van der Waals surface area (Å²) in [4.78, 5) is 18.9. The van der Waals surface area contributed by atoms with E-state index in [0.29, 0.717) is 37.5 Å². The number of amides is 1. The maximum absolute atomic E-state index is 13.0. The molecule has 2 aromatic heterocycles. The number of piperidine rings is 1. The Morgan fingerprint density at radius 2 is 2.00 bits per heavy atom. The van der Waals surface area contributed by atoms with Crippen LogP contribution in [0.1, 0.15) is 31.0 Å². The molecule has 0 saturated carbocycles. The standard InChI is InChI=1S/C19H19F3N4O3/c1-2-12-15(19(20,21)22)25-29-17(12)24-16(27)11-7-9-26(10-8-11)18-23-13-5-3-4-6-14(13)28-18/h3-6,11H,2,7-10H2,1H3,(H,24,27). The van der Waals surface area contributed by atoms with Gasteiger partial charge in [-0.1, -0.05) is 24.2 Å². The van der Waals surface area contributed by atoms with Crippen LogP contribution in [0.25, 0.3) is 11.1 Å². The van der Waals surface area contributed by atoms with Crippen LogP contribution in [0.4, 0.5) is 25.1 Å². The lowest BCUT2D eigenvalue weighted by Gasteiger charge is -2.29. The monoisotopic (exact) mass is 408 g/mol. The van der Waals surface area contributed by atoms with Crippen molar-refractivity contribution in [1.82, 2.24) is 10.1 Å². The molecule has 1 N–H and O–H groups in total. The molecule has 0 aliphatic carbocycles. The maximum atomic E-state index is 13.0.